The van der Waals surface area contributed by atoms with Crippen LogP contribution in [0.15, 0.2) is 30.6 Å². The van der Waals surface area contributed by atoms with Gasteiger partial charge < -0.3 is 5.73 Å². The third-order valence-electron chi connectivity index (χ3n) is 2.07. The van der Waals surface area contributed by atoms with E-state index >= 15 is 0 Å². The Morgan fingerprint density at radius 1 is 1.57 bits per heavy atom. The molecule has 0 saturated heterocycles. The van der Waals surface area contributed by atoms with Crippen LogP contribution >= 0.6 is 11.3 Å². The highest BCUT2D eigenvalue weighted by Crippen LogP contribution is 2.21. The van der Waals surface area contributed by atoms with Crippen LogP contribution < -0.4 is 5.73 Å². The predicted molar refractivity (Wildman–Crippen MR) is 58.2 cm³/mol. The van der Waals surface area contributed by atoms with Crippen molar-refractivity contribution in [1.82, 2.24) is 9.78 Å². The molecule has 0 aromatic carbocycles. The van der Waals surface area contributed by atoms with Crippen LogP contribution in [0, 0.1) is 6.92 Å². The molecule has 0 fully saturated rings. The Bertz CT molecular complexity index is 391. The van der Waals surface area contributed by atoms with Gasteiger partial charge in [0.15, 0.2) is 0 Å². The lowest BCUT2D eigenvalue weighted by Gasteiger charge is -2.08. The van der Waals surface area contributed by atoms with Crippen LogP contribution in [-0.4, -0.2) is 9.78 Å². The van der Waals surface area contributed by atoms with Crippen LogP contribution in [0.2, 0.25) is 0 Å². The van der Waals surface area contributed by atoms with Crippen LogP contribution in [-0.2, 0) is 6.54 Å². The topological polar surface area (TPSA) is 43.8 Å². The molecule has 0 aliphatic heterocycles. The van der Waals surface area contributed by atoms with E-state index in [1.807, 2.05) is 16.9 Å². The van der Waals surface area contributed by atoms with Gasteiger partial charge in [-0.15, -0.1) is 11.3 Å². The molecule has 2 aromatic rings. The molecule has 2 N–H and O–H groups in total. The molecule has 0 aliphatic rings. The Balaban J connectivity index is 2.06. The minimum Gasteiger partial charge on any atom is -0.322 e. The summed E-state index contributed by atoms with van der Waals surface area (Å²) in [4.78, 5) is 2.52. The van der Waals surface area contributed by atoms with Crippen molar-refractivity contribution >= 4 is 11.3 Å². The Morgan fingerprint density at radius 3 is 3.00 bits per heavy atom. The lowest BCUT2D eigenvalue weighted by Crippen LogP contribution is -2.16. The Labute approximate surface area is 87.2 Å². The van der Waals surface area contributed by atoms with E-state index in [1.54, 1.807) is 17.5 Å². The van der Waals surface area contributed by atoms with Crippen LogP contribution in [0.4, 0.5) is 0 Å². The molecular formula is C10H13N3S. The van der Waals surface area contributed by atoms with Crippen LogP contribution in [0.25, 0.3) is 0 Å². The summed E-state index contributed by atoms with van der Waals surface area (Å²) < 4.78 is 1.86. The van der Waals surface area contributed by atoms with Crippen LogP contribution in [0.3, 0.4) is 0 Å². The van der Waals surface area contributed by atoms with E-state index in [2.05, 4.69) is 24.2 Å². The fourth-order valence-corrected chi connectivity index (χ4v) is 2.22. The van der Waals surface area contributed by atoms with Gasteiger partial charge in [0.25, 0.3) is 0 Å². The molecule has 1 atom stereocenters. The summed E-state index contributed by atoms with van der Waals surface area (Å²) in [7, 11) is 0. The van der Waals surface area contributed by atoms with E-state index in [9.17, 15) is 0 Å². The van der Waals surface area contributed by atoms with E-state index in [4.69, 9.17) is 5.73 Å². The summed E-state index contributed by atoms with van der Waals surface area (Å²) in [6.45, 7) is 2.84. The van der Waals surface area contributed by atoms with Crippen molar-refractivity contribution in [2.75, 3.05) is 0 Å². The van der Waals surface area contributed by atoms with E-state index in [0.29, 0.717) is 0 Å². The average molecular weight is 207 g/mol. The number of hydrogen-bond acceptors (Lipinski definition) is 3. The standard InChI is InChI=1S/C10H13N3S/c1-8-3-4-10(14-8)9(11)7-13-6-2-5-12-13/h2-6,9H,7,11H2,1H3. The Morgan fingerprint density at radius 2 is 2.43 bits per heavy atom. The molecule has 4 heteroatoms. The van der Waals surface area contributed by atoms with E-state index in [1.165, 1.54) is 9.75 Å². The lowest BCUT2D eigenvalue weighted by molar-refractivity contribution is 0.533. The van der Waals surface area contributed by atoms with Gasteiger partial charge in [0.1, 0.15) is 0 Å². The second-order valence-electron chi connectivity index (χ2n) is 3.28. The molecule has 0 bridgehead atoms. The molecule has 0 amide bonds. The van der Waals surface area contributed by atoms with Gasteiger partial charge in [-0.1, -0.05) is 0 Å². The van der Waals surface area contributed by atoms with Gasteiger partial charge in [-0.2, -0.15) is 5.10 Å². The van der Waals surface area contributed by atoms with Crippen molar-refractivity contribution in [3.63, 3.8) is 0 Å². The van der Waals surface area contributed by atoms with Gasteiger partial charge in [-0.3, -0.25) is 4.68 Å². The Kier molecular flexibility index (Phi) is 2.65. The van der Waals surface area contributed by atoms with Gasteiger partial charge >= 0.3 is 0 Å². The molecule has 0 saturated carbocycles. The van der Waals surface area contributed by atoms with Crippen molar-refractivity contribution in [2.24, 2.45) is 5.73 Å². The van der Waals surface area contributed by atoms with Crippen molar-refractivity contribution < 1.29 is 0 Å². The SMILES string of the molecule is Cc1ccc(C(N)Cn2cccn2)s1. The van der Waals surface area contributed by atoms with Crippen molar-refractivity contribution in [3.8, 4) is 0 Å². The first kappa shape index (κ1) is 9.43. The van der Waals surface area contributed by atoms with Gasteiger partial charge in [0.05, 0.1) is 12.6 Å². The van der Waals surface area contributed by atoms with Crippen LogP contribution in [0.5, 0.6) is 0 Å². The Hall–Kier alpha value is -1.13. The first-order chi connectivity index (χ1) is 6.75. The highest BCUT2D eigenvalue weighted by Gasteiger charge is 2.08. The van der Waals surface area contributed by atoms with Gasteiger partial charge in [0.2, 0.25) is 0 Å². The van der Waals surface area contributed by atoms with Crippen LogP contribution in [0.1, 0.15) is 15.8 Å². The maximum Gasteiger partial charge on any atom is 0.0610 e. The molecule has 14 heavy (non-hydrogen) atoms. The molecule has 0 spiro atoms. The van der Waals surface area contributed by atoms with Gasteiger partial charge in [-0.05, 0) is 25.1 Å². The maximum absolute atomic E-state index is 6.05. The first-order valence-electron chi connectivity index (χ1n) is 4.55. The number of nitrogens with two attached hydrogens (primary N) is 1. The second kappa shape index (κ2) is 3.94. The van der Waals surface area contributed by atoms with E-state index in [0.717, 1.165) is 6.54 Å². The number of rotatable bonds is 3. The molecule has 2 aromatic heterocycles. The van der Waals surface area contributed by atoms with Gasteiger partial charge in [-0.25, -0.2) is 0 Å². The third-order valence-corrected chi connectivity index (χ3v) is 3.20. The zero-order valence-electron chi connectivity index (χ0n) is 8.05. The quantitative estimate of drug-likeness (QED) is 0.836. The summed E-state index contributed by atoms with van der Waals surface area (Å²) in [5.74, 6) is 0. The van der Waals surface area contributed by atoms with Crippen molar-refractivity contribution in [2.45, 2.75) is 19.5 Å². The summed E-state index contributed by atoms with van der Waals surface area (Å²) in [5.41, 5.74) is 6.05. The highest BCUT2D eigenvalue weighted by molar-refractivity contribution is 7.12. The number of aromatic nitrogens is 2. The molecule has 2 heterocycles. The number of aryl methyl sites for hydroxylation is 1. The fourth-order valence-electron chi connectivity index (χ4n) is 1.35. The zero-order chi connectivity index (χ0) is 9.97. The fraction of sp³-hybridized carbons (Fsp3) is 0.300. The molecule has 2 rings (SSSR count). The van der Waals surface area contributed by atoms with Gasteiger partial charge in [0, 0.05) is 22.1 Å². The number of hydrogen-bond donors (Lipinski definition) is 1. The minimum absolute atomic E-state index is 0.0496. The highest BCUT2D eigenvalue weighted by atomic mass is 32.1. The van der Waals surface area contributed by atoms with E-state index in [-0.39, 0.29) is 6.04 Å². The van der Waals surface area contributed by atoms with Crippen molar-refractivity contribution in [3.05, 3.63) is 40.3 Å². The number of nitrogens with zero attached hydrogens (tertiary/aromatic N) is 2. The largest absolute Gasteiger partial charge is 0.322 e. The minimum atomic E-state index is 0.0496. The maximum atomic E-state index is 6.05. The molecule has 3 nitrogen and oxygen atoms in total. The van der Waals surface area contributed by atoms with Crippen molar-refractivity contribution in [1.29, 1.82) is 0 Å². The summed E-state index contributed by atoms with van der Waals surface area (Å²) in [6.07, 6.45) is 3.70. The molecule has 0 radical (unpaired) electrons. The summed E-state index contributed by atoms with van der Waals surface area (Å²) >= 11 is 1.75. The molecule has 1 unspecified atom stereocenters. The second-order valence-corrected chi connectivity index (χ2v) is 4.60. The molecular weight excluding hydrogens is 194 g/mol. The average Bonchev–Trinajstić information content (AvgIpc) is 2.75. The monoisotopic (exact) mass is 207 g/mol. The number of thiophene rings is 1. The molecule has 74 valence electrons. The summed E-state index contributed by atoms with van der Waals surface area (Å²) in [6, 6.07) is 6.15. The normalized spacial score (nSPS) is 13.0. The zero-order valence-corrected chi connectivity index (χ0v) is 8.87. The smallest absolute Gasteiger partial charge is 0.0610 e. The lowest BCUT2D eigenvalue weighted by atomic mass is 10.2. The third kappa shape index (κ3) is 2.02. The molecule has 0 aliphatic carbocycles. The summed E-state index contributed by atoms with van der Waals surface area (Å²) in [5, 5.41) is 4.13. The van der Waals surface area contributed by atoms with E-state index < -0.39 is 0 Å². The predicted octanol–water partition coefficient (Wildman–Crippen LogP) is 1.95. The first-order valence-corrected chi connectivity index (χ1v) is 5.36.